The molecule has 2 aromatic rings. The van der Waals surface area contributed by atoms with E-state index in [0.717, 1.165) is 10.4 Å². The summed E-state index contributed by atoms with van der Waals surface area (Å²) in [5, 5.41) is 9.54. The third kappa shape index (κ3) is 2.65. The first kappa shape index (κ1) is 11.7. The van der Waals surface area contributed by atoms with Gasteiger partial charge in [-0.2, -0.15) is 0 Å². The fourth-order valence-electron chi connectivity index (χ4n) is 1.59. The van der Waals surface area contributed by atoms with Crippen molar-refractivity contribution in [3.05, 3.63) is 51.7 Å². The molecule has 2 rings (SSSR count). The maximum Gasteiger partial charge on any atom is 0.133 e. The molecule has 3 N–H and O–H groups in total. The highest BCUT2D eigenvalue weighted by molar-refractivity contribution is 7.09. The summed E-state index contributed by atoms with van der Waals surface area (Å²) in [6.07, 6.45) is 0. The molecule has 3 nitrogen and oxygen atoms in total. The molecule has 1 aromatic carbocycles. The Morgan fingerprint density at radius 2 is 2.18 bits per heavy atom. The van der Waals surface area contributed by atoms with Crippen molar-refractivity contribution in [2.75, 3.05) is 0 Å². The minimum absolute atomic E-state index is 0.0369. The number of benzene rings is 1. The maximum absolute atomic E-state index is 7.53. The predicted molar refractivity (Wildman–Crippen MR) is 70.8 cm³/mol. The van der Waals surface area contributed by atoms with Crippen LogP contribution in [0.1, 0.15) is 16.0 Å². The van der Waals surface area contributed by atoms with Gasteiger partial charge in [-0.15, -0.1) is 11.3 Å². The Bertz CT molecular complexity index is 520. The molecule has 0 aliphatic carbocycles. The van der Waals surface area contributed by atoms with Gasteiger partial charge in [0.2, 0.25) is 0 Å². The maximum atomic E-state index is 7.53. The van der Waals surface area contributed by atoms with Crippen molar-refractivity contribution in [3.8, 4) is 5.75 Å². The molecule has 0 aliphatic rings. The third-order valence-corrected chi connectivity index (χ3v) is 3.29. The van der Waals surface area contributed by atoms with Crippen LogP contribution in [0.2, 0.25) is 0 Å². The molecule has 0 radical (unpaired) electrons. The van der Waals surface area contributed by atoms with E-state index in [1.807, 2.05) is 36.6 Å². The van der Waals surface area contributed by atoms with Crippen LogP contribution in [0, 0.1) is 12.3 Å². The summed E-state index contributed by atoms with van der Waals surface area (Å²) in [5.41, 5.74) is 7.19. The first-order chi connectivity index (χ1) is 8.18. The smallest absolute Gasteiger partial charge is 0.133 e. The Hall–Kier alpha value is -1.81. The fourth-order valence-corrected chi connectivity index (χ4v) is 2.21. The number of nitrogen functional groups attached to an aromatic ring is 1. The van der Waals surface area contributed by atoms with Crippen molar-refractivity contribution in [2.24, 2.45) is 5.73 Å². The molecule has 0 spiro atoms. The van der Waals surface area contributed by atoms with E-state index >= 15 is 0 Å². The molecular weight excluding hydrogens is 232 g/mol. The van der Waals surface area contributed by atoms with Crippen LogP contribution in [0.3, 0.4) is 0 Å². The van der Waals surface area contributed by atoms with Crippen LogP contribution in [-0.4, -0.2) is 5.84 Å². The number of hydrogen-bond donors (Lipinski definition) is 2. The van der Waals surface area contributed by atoms with Crippen molar-refractivity contribution in [2.45, 2.75) is 13.5 Å². The van der Waals surface area contributed by atoms with E-state index in [-0.39, 0.29) is 5.84 Å². The number of ether oxygens (including phenoxy) is 1. The average molecular weight is 246 g/mol. The topological polar surface area (TPSA) is 59.1 Å². The summed E-state index contributed by atoms with van der Waals surface area (Å²) < 4.78 is 5.76. The minimum atomic E-state index is 0.0369. The molecule has 0 aliphatic heterocycles. The van der Waals surface area contributed by atoms with Crippen LogP contribution >= 0.6 is 11.3 Å². The van der Waals surface area contributed by atoms with Crippen LogP contribution in [-0.2, 0) is 6.61 Å². The summed E-state index contributed by atoms with van der Waals surface area (Å²) in [7, 11) is 0. The van der Waals surface area contributed by atoms with Crippen LogP contribution in [0.25, 0.3) is 0 Å². The summed E-state index contributed by atoms with van der Waals surface area (Å²) in [6, 6.07) is 9.66. The van der Waals surface area contributed by atoms with Gasteiger partial charge in [0, 0.05) is 4.88 Å². The number of aryl methyl sites for hydroxylation is 1. The van der Waals surface area contributed by atoms with Gasteiger partial charge in [0.15, 0.2) is 0 Å². The summed E-state index contributed by atoms with van der Waals surface area (Å²) in [5.74, 6) is 0.739. The SMILES string of the molecule is Cc1cccc(C(=N)N)c1OCc1cccs1. The van der Waals surface area contributed by atoms with Crippen molar-refractivity contribution >= 4 is 17.2 Å². The molecule has 1 aromatic heterocycles. The Balaban J connectivity index is 2.22. The molecule has 88 valence electrons. The number of amidine groups is 1. The summed E-state index contributed by atoms with van der Waals surface area (Å²) in [4.78, 5) is 1.16. The number of hydrogen-bond acceptors (Lipinski definition) is 3. The van der Waals surface area contributed by atoms with E-state index in [9.17, 15) is 0 Å². The molecule has 0 bridgehead atoms. The largest absolute Gasteiger partial charge is 0.487 e. The fraction of sp³-hybridized carbons (Fsp3) is 0.154. The minimum Gasteiger partial charge on any atom is -0.487 e. The first-order valence-corrected chi connectivity index (χ1v) is 6.15. The molecule has 0 saturated heterocycles. The highest BCUT2D eigenvalue weighted by Crippen LogP contribution is 2.24. The van der Waals surface area contributed by atoms with Gasteiger partial charge in [-0.05, 0) is 30.0 Å². The van der Waals surface area contributed by atoms with Gasteiger partial charge in [0.1, 0.15) is 18.2 Å². The lowest BCUT2D eigenvalue weighted by Crippen LogP contribution is -2.13. The highest BCUT2D eigenvalue weighted by atomic mass is 32.1. The number of rotatable bonds is 4. The van der Waals surface area contributed by atoms with Gasteiger partial charge < -0.3 is 10.5 Å². The highest BCUT2D eigenvalue weighted by Gasteiger charge is 2.09. The van der Waals surface area contributed by atoms with Crippen molar-refractivity contribution < 1.29 is 4.74 Å². The van der Waals surface area contributed by atoms with Crippen LogP contribution < -0.4 is 10.5 Å². The standard InChI is InChI=1S/C13H14N2OS/c1-9-4-2-6-11(13(14)15)12(9)16-8-10-5-3-7-17-10/h2-7H,8H2,1H3,(H3,14,15). The van der Waals surface area contributed by atoms with E-state index in [4.69, 9.17) is 15.9 Å². The van der Waals surface area contributed by atoms with Crippen molar-refractivity contribution in [3.63, 3.8) is 0 Å². The molecular formula is C13H14N2OS. The van der Waals surface area contributed by atoms with Crippen LogP contribution in [0.15, 0.2) is 35.7 Å². The zero-order chi connectivity index (χ0) is 12.3. The number of para-hydroxylation sites is 1. The van der Waals surface area contributed by atoms with E-state index in [1.165, 1.54) is 0 Å². The normalized spacial score (nSPS) is 10.2. The van der Waals surface area contributed by atoms with Gasteiger partial charge in [-0.1, -0.05) is 18.2 Å². The van der Waals surface area contributed by atoms with Gasteiger partial charge in [-0.25, -0.2) is 0 Å². The molecule has 0 saturated carbocycles. The van der Waals surface area contributed by atoms with Gasteiger partial charge in [-0.3, -0.25) is 5.41 Å². The third-order valence-electron chi connectivity index (χ3n) is 2.44. The predicted octanol–water partition coefficient (Wildman–Crippen LogP) is 2.92. The Morgan fingerprint density at radius 3 is 2.82 bits per heavy atom. The Morgan fingerprint density at radius 1 is 1.35 bits per heavy atom. The molecule has 4 heteroatoms. The second-order valence-corrected chi connectivity index (χ2v) is 4.77. The van der Waals surface area contributed by atoms with Crippen LogP contribution in [0.4, 0.5) is 0 Å². The van der Waals surface area contributed by atoms with Gasteiger partial charge in [0.25, 0.3) is 0 Å². The summed E-state index contributed by atoms with van der Waals surface area (Å²) in [6.45, 7) is 2.47. The zero-order valence-corrected chi connectivity index (χ0v) is 10.4. The van der Waals surface area contributed by atoms with Crippen molar-refractivity contribution in [1.82, 2.24) is 0 Å². The van der Waals surface area contributed by atoms with Gasteiger partial charge >= 0.3 is 0 Å². The lowest BCUT2D eigenvalue weighted by Gasteiger charge is -2.12. The van der Waals surface area contributed by atoms with E-state index in [0.29, 0.717) is 17.9 Å². The average Bonchev–Trinajstić information content (AvgIpc) is 2.80. The number of thiophene rings is 1. The molecule has 1 heterocycles. The van der Waals surface area contributed by atoms with Crippen molar-refractivity contribution in [1.29, 1.82) is 5.41 Å². The second kappa shape index (κ2) is 5.01. The van der Waals surface area contributed by atoms with E-state index in [2.05, 4.69) is 0 Å². The number of nitrogens with one attached hydrogen (secondary N) is 1. The first-order valence-electron chi connectivity index (χ1n) is 5.27. The lowest BCUT2D eigenvalue weighted by atomic mass is 10.1. The monoisotopic (exact) mass is 246 g/mol. The molecule has 17 heavy (non-hydrogen) atoms. The number of nitrogens with two attached hydrogens (primary N) is 1. The molecule has 0 unspecified atom stereocenters. The van der Waals surface area contributed by atoms with E-state index in [1.54, 1.807) is 17.4 Å². The lowest BCUT2D eigenvalue weighted by molar-refractivity contribution is 0.307. The molecule has 0 amide bonds. The summed E-state index contributed by atoms with van der Waals surface area (Å²) >= 11 is 1.65. The molecule has 0 atom stereocenters. The van der Waals surface area contributed by atoms with Gasteiger partial charge in [0.05, 0.1) is 5.56 Å². The Labute approximate surface area is 104 Å². The van der Waals surface area contributed by atoms with Crippen LogP contribution in [0.5, 0.6) is 5.75 Å². The quantitative estimate of drug-likeness (QED) is 0.643. The molecule has 0 fully saturated rings. The zero-order valence-electron chi connectivity index (χ0n) is 9.57. The Kier molecular flexibility index (Phi) is 3.44. The second-order valence-electron chi connectivity index (χ2n) is 3.73. The van der Waals surface area contributed by atoms with E-state index < -0.39 is 0 Å².